The number of benzene rings is 1. The first kappa shape index (κ1) is 13.5. The van der Waals surface area contributed by atoms with E-state index in [1.807, 2.05) is 0 Å². The Labute approximate surface area is 110 Å². The standard InChI is InChI=1S/C15H24N2O/c1-12-3-4-13(2)14(9-12)5-6-16-10-15-11-17-7-8-18-15/h3-4,9,15-17H,5-8,10-11H2,1-2H3. The maximum Gasteiger partial charge on any atom is 0.0824 e. The molecule has 0 bridgehead atoms. The van der Waals surface area contributed by atoms with Crippen LogP contribution in [0, 0.1) is 13.8 Å². The van der Waals surface area contributed by atoms with Gasteiger partial charge >= 0.3 is 0 Å². The van der Waals surface area contributed by atoms with Crippen molar-refractivity contribution in [2.24, 2.45) is 0 Å². The second kappa shape index (κ2) is 6.88. The van der Waals surface area contributed by atoms with Crippen molar-refractivity contribution in [2.75, 3.05) is 32.8 Å². The Balaban J connectivity index is 1.69. The summed E-state index contributed by atoms with van der Waals surface area (Å²) in [4.78, 5) is 0. The zero-order valence-corrected chi connectivity index (χ0v) is 11.5. The smallest absolute Gasteiger partial charge is 0.0824 e. The van der Waals surface area contributed by atoms with Gasteiger partial charge in [0.2, 0.25) is 0 Å². The first-order valence-corrected chi connectivity index (χ1v) is 6.85. The number of hydrogen-bond donors (Lipinski definition) is 2. The molecule has 0 aliphatic carbocycles. The topological polar surface area (TPSA) is 33.3 Å². The molecule has 18 heavy (non-hydrogen) atoms. The lowest BCUT2D eigenvalue weighted by Gasteiger charge is -2.23. The number of aryl methyl sites for hydroxylation is 2. The van der Waals surface area contributed by atoms with Gasteiger partial charge in [0, 0.05) is 19.6 Å². The minimum atomic E-state index is 0.331. The van der Waals surface area contributed by atoms with E-state index in [9.17, 15) is 0 Å². The highest BCUT2D eigenvalue weighted by Crippen LogP contribution is 2.10. The molecule has 1 unspecified atom stereocenters. The van der Waals surface area contributed by atoms with Gasteiger partial charge < -0.3 is 15.4 Å². The predicted molar refractivity (Wildman–Crippen MR) is 75.1 cm³/mol. The van der Waals surface area contributed by atoms with Crippen LogP contribution >= 0.6 is 0 Å². The molecule has 1 aliphatic heterocycles. The molecule has 0 amide bonds. The monoisotopic (exact) mass is 248 g/mol. The van der Waals surface area contributed by atoms with Gasteiger partial charge in [0.15, 0.2) is 0 Å². The van der Waals surface area contributed by atoms with Crippen LogP contribution in [0.25, 0.3) is 0 Å². The van der Waals surface area contributed by atoms with E-state index in [-0.39, 0.29) is 0 Å². The number of morpholine rings is 1. The van der Waals surface area contributed by atoms with Crippen LogP contribution in [0.5, 0.6) is 0 Å². The molecule has 1 fully saturated rings. The molecule has 1 heterocycles. The SMILES string of the molecule is Cc1ccc(C)c(CCNCC2CNCCO2)c1. The highest BCUT2D eigenvalue weighted by Gasteiger charge is 2.12. The maximum absolute atomic E-state index is 5.65. The van der Waals surface area contributed by atoms with E-state index < -0.39 is 0 Å². The average molecular weight is 248 g/mol. The van der Waals surface area contributed by atoms with Gasteiger partial charge in [0.25, 0.3) is 0 Å². The Morgan fingerprint density at radius 3 is 3.06 bits per heavy atom. The lowest BCUT2D eigenvalue weighted by Crippen LogP contribution is -2.44. The third-order valence-electron chi connectivity index (χ3n) is 3.45. The van der Waals surface area contributed by atoms with Crippen LogP contribution < -0.4 is 10.6 Å². The van der Waals surface area contributed by atoms with E-state index in [4.69, 9.17) is 4.74 Å². The highest BCUT2D eigenvalue weighted by atomic mass is 16.5. The quantitative estimate of drug-likeness (QED) is 0.773. The van der Waals surface area contributed by atoms with Crippen LogP contribution in [0.3, 0.4) is 0 Å². The second-order valence-electron chi connectivity index (χ2n) is 5.08. The van der Waals surface area contributed by atoms with Gasteiger partial charge in [-0.3, -0.25) is 0 Å². The minimum Gasteiger partial charge on any atom is -0.374 e. The van der Waals surface area contributed by atoms with Crippen molar-refractivity contribution in [1.29, 1.82) is 0 Å². The van der Waals surface area contributed by atoms with Crippen molar-refractivity contribution >= 4 is 0 Å². The van der Waals surface area contributed by atoms with Crippen molar-refractivity contribution in [3.8, 4) is 0 Å². The molecule has 0 spiro atoms. The van der Waals surface area contributed by atoms with Gasteiger partial charge in [-0.15, -0.1) is 0 Å². The summed E-state index contributed by atoms with van der Waals surface area (Å²) in [6.45, 7) is 9.08. The zero-order chi connectivity index (χ0) is 12.8. The second-order valence-corrected chi connectivity index (χ2v) is 5.08. The predicted octanol–water partition coefficient (Wildman–Crippen LogP) is 1.42. The van der Waals surface area contributed by atoms with Gasteiger partial charge in [-0.1, -0.05) is 23.8 Å². The molecule has 1 aromatic carbocycles. The lowest BCUT2D eigenvalue weighted by atomic mass is 10.0. The Bertz CT molecular complexity index is 373. The number of ether oxygens (including phenoxy) is 1. The molecule has 2 N–H and O–H groups in total. The Kier molecular flexibility index (Phi) is 5.17. The zero-order valence-electron chi connectivity index (χ0n) is 11.5. The number of nitrogens with one attached hydrogen (secondary N) is 2. The third-order valence-corrected chi connectivity index (χ3v) is 3.45. The molecule has 100 valence electrons. The average Bonchev–Trinajstić information content (AvgIpc) is 2.40. The van der Waals surface area contributed by atoms with E-state index in [1.54, 1.807) is 0 Å². The number of hydrogen-bond acceptors (Lipinski definition) is 3. The molecular weight excluding hydrogens is 224 g/mol. The Hall–Kier alpha value is -0.900. The van der Waals surface area contributed by atoms with Crippen molar-refractivity contribution < 1.29 is 4.74 Å². The van der Waals surface area contributed by atoms with E-state index in [2.05, 4.69) is 42.7 Å². The molecule has 0 radical (unpaired) electrons. The van der Waals surface area contributed by atoms with Crippen LogP contribution in [-0.4, -0.2) is 38.9 Å². The highest BCUT2D eigenvalue weighted by molar-refractivity contribution is 5.30. The summed E-state index contributed by atoms with van der Waals surface area (Å²) in [7, 11) is 0. The molecule has 3 nitrogen and oxygen atoms in total. The summed E-state index contributed by atoms with van der Waals surface area (Å²) in [6, 6.07) is 6.67. The Morgan fingerprint density at radius 1 is 1.39 bits per heavy atom. The normalized spacial score (nSPS) is 20.0. The lowest BCUT2D eigenvalue weighted by molar-refractivity contribution is 0.0294. The van der Waals surface area contributed by atoms with Crippen molar-refractivity contribution in [3.05, 3.63) is 34.9 Å². The Morgan fingerprint density at radius 2 is 2.28 bits per heavy atom. The first-order valence-electron chi connectivity index (χ1n) is 6.85. The van der Waals surface area contributed by atoms with Crippen LogP contribution in [-0.2, 0) is 11.2 Å². The summed E-state index contributed by atoms with van der Waals surface area (Å²) in [5.41, 5.74) is 4.18. The van der Waals surface area contributed by atoms with Gasteiger partial charge in [0.05, 0.1) is 12.7 Å². The minimum absolute atomic E-state index is 0.331. The van der Waals surface area contributed by atoms with E-state index >= 15 is 0 Å². The summed E-state index contributed by atoms with van der Waals surface area (Å²) in [5.74, 6) is 0. The summed E-state index contributed by atoms with van der Waals surface area (Å²) < 4.78 is 5.65. The van der Waals surface area contributed by atoms with Gasteiger partial charge in [-0.05, 0) is 37.9 Å². The van der Waals surface area contributed by atoms with E-state index in [0.717, 1.165) is 39.2 Å². The molecule has 1 aromatic rings. The number of rotatable bonds is 5. The van der Waals surface area contributed by atoms with Gasteiger partial charge in [0.1, 0.15) is 0 Å². The molecule has 2 rings (SSSR count). The maximum atomic E-state index is 5.65. The van der Waals surface area contributed by atoms with Gasteiger partial charge in [-0.25, -0.2) is 0 Å². The molecule has 1 saturated heterocycles. The van der Waals surface area contributed by atoms with Crippen LogP contribution in [0.4, 0.5) is 0 Å². The van der Waals surface area contributed by atoms with Crippen LogP contribution in [0.1, 0.15) is 16.7 Å². The van der Waals surface area contributed by atoms with Crippen molar-refractivity contribution in [1.82, 2.24) is 10.6 Å². The third kappa shape index (κ3) is 4.09. The van der Waals surface area contributed by atoms with E-state index in [0.29, 0.717) is 6.10 Å². The molecule has 0 saturated carbocycles. The van der Waals surface area contributed by atoms with E-state index in [1.165, 1.54) is 16.7 Å². The molecule has 1 aliphatic rings. The molecule has 1 atom stereocenters. The molecule has 3 heteroatoms. The summed E-state index contributed by atoms with van der Waals surface area (Å²) >= 11 is 0. The van der Waals surface area contributed by atoms with Crippen LogP contribution in [0.15, 0.2) is 18.2 Å². The largest absolute Gasteiger partial charge is 0.374 e. The summed E-state index contributed by atoms with van der Waals surface area (Å²) in [6.07, 6.45) is 1.42. The summed E-state index contributed by atoms with van der Waals surface area (Å²) in [5, 5.41) is 6.83. The molecular formula is C15H24N2O. The van der Waals surface area contributed by atoms with Crippen LogP contribution in [0.2, 0.25) is 0 Å². The fraction of sp³-hybridized carbons (Fsp3) is 0.600. The van der Waals surface area contributed by atoms with Crippen molar-refractivity contribution in [3.63, 3.8) is 0 Å². The van der Waals surface area contributed by atoms with Crippen molar-refractivity contribution in [2.45, 2.75) is 26.4 Å². The molecule has 0 aromatic heterocycles. The fourth-order valence-corrected chi connectivity index (χ4v) is 2.31. The van der Waals surface area contributed by atoms with Gasteiger partial charge in [-0.2, -0.15) is 0 Å². The fourth-order valence-electron chi connectivity index (χ4n) is 2.31. The first-order chi connectivity index (χ1) is 8.75.